The van der Waals surface area contributed by atoms with Crippen molar-refractivity contribution < 1.29 is 24.2 Å². The molecule has 0 fully saturated rings. The maximum Gasteiger partial charge on any atom is 0.408 e. The summed E-state index contributed by atoms with van der Waals surface area (Å²) in [5.74, 6) is -0.718. The number of rotatable bonds is 11. The van der Waals surface area contributed by atoms with Crippen LogP contribution < -0.4 is 10.6 Å². The number of phenolic OH excluding ortho intramolecular Hbond substituents is 1. The highest BCUT2D eigenvalue weighted by Crippen LogP contribution is 2.25. The van der Waals surface area contributed by atoms with Gasteiger partial charge in [0.15, 0.2) is 0 Å². The first-order valence-corrected chi connectivity index (χ1v) is 12.4. The lowest BCUT2D eigenvalue weighted by Crippen LogP contribution is -2.53. The molecule has 2 rings (SSSR count). The molecule has 8 nitrogen and oxygen atoms in total. The van der Waals surface area contributed by atoms with Gasteiger partial charge in [0.25, 0.3) is 0 Å². The van der Waals surface area contributed by atoms with Gasteiger partial charge in [-0.05, 0) is 56.4 Å². The summed E-state index contributed by atoms with van der Waals surface area (Å²) in [6, 6.07) is 13.6. The third kappa shape index (κ3) is 9.63. The molecule has 0 aliphatic carbocycles. The van der Waals surface area contributed by atoms with Gasteiger partial charge in [0.05, 0.1) is 0 Å². The number of alkyl carbamates (subject to hydrolysis) is 1. The summed E-state index contributed by atoms with van der Waals surface area (Å²) in [4.78, 5) is 41.4. The van der Waals surface area contributed by atoms with Gasteiger partial charge in [-0.3, -0.25) is 9.59 Å². The Bertz CT molecular complexity index is 1050. The zero-order valence-corrected chi connectivity index (χ0v) is 22.4. The van der Waals surface area contributed by atoms with Gasteiger partial charge in [0.1, 0.15) is 23.4 Å². The molecule has 37 heavy (non-hydrogen) atoms. The second-order valence-electron chi connectivity index (χ2n) is 10.3. The first kappa shape index (κ1) is 29.4. The minimum atomic E-state index is -1.02. The molecule has 3 amide bonds. The van der Waals surface area contributed by atoms with Crippen LogP contribution in [0, 0.1) is 5.92 Å². The fourth-order valence-corrected chi connectivity index (χ4v) is 3.82. The van der Waals surface area contributed by atoms with Gasteiger partial charge < -0.3 is 25.4 Å². The van der Waals surface area contributed by atoms with Crippen molar-refractivity contribution in [1.82, 2.24) is 15.5 Å². The molecule has 0 saturated heterocycles. The quantitative estimate of drug-likeness (QED) is 0.381. The Morgan fingerprint density at radius 3 is 2.22 bits per heavy atom. The number of hydrogen-bond acceptors (Lipinski definition) is 5. The van der Waals surface area contributed by atoms with Crippen molar-refractivity contribution in [3.05, 3.63) is 78.4 Å². The van der Waals surface area contributed by atoms with Crippen LogP contribution >= 0.6 is 0 Å². The summed E-state index contributed by atoms with van der Waals surface area (Å²) in [7, 11) is 0. The number of nitrogens with one attached hydrogen (secondary N) is 2. The van der Waals surface area contributed by atoms with Crippen molar-refractivity contribution in [3.63, 3.8) is 0 Å². The maximum atomic E-state index is 13.9. The third-order valence-electron chi connectivity index (χ3n) is 5.38. The van der Waals surface area contributed by atoms with E-state index in [1.807, 2.05) is 44.2 Å². The van der Waals surface area contributed by atoms with E-state index < -0.39 is 35.6 Å². The van der Waals surface area contributed by atoms with E-state index in [1.54, 1.807) is 32.9 Å². The highest BCUT2D eigenvalue weighted by molar-refractivity contribution is 5.92. The van der Waals surface area contributed by atoms with Crippen molar-refractivity contribution in [2.75, 3.05) is 6.54 Å². The third-order valence-corrected chi connectivity index (χ3v) is 5.38. The van der Waals surface area contributed by atoms with Crippen LogP contribution in [0.4, 0.5) is 4.79 Å². The summed E-state index contributed by atoms with van der Waals surface area (Å²) in [5, 5.41) is 15.4. The zero-order chi connectivity index (χ0) is 27.6. The van der Waals surface area contributed by atoms with Crippen molar-refractivity contribution in [1.29, 1.82) is 0 Å². The van der Waals surface area contributed by atoms with E-state index in [-0.39, 0.29) is 24.8 Å². The van der Waals surface area contributed by atoms with E-state index in [0.717, 1.165) is 5.56 Å². The summed E-state index contributed by atoms with van der Waals surface area (Å²) in [6.45, 7) is 13.2. The minimum Gasteiger partial charge on any atom is -0.508 e. The topological polar surface area (TPSA) is 108 Å². The standard InChI is InChI=1S/C29H39N3O5/c1-7-17-32(27(35)24(18-20(2)3)31-28(36)37-29(4,5)6)25(22-13-15-23(33)16-14-22)26(34)30-19-21-11-9-8-10-12-21/h7-16,20,24-25,33H,1,17-19H2,2-6H3,(H,30,34)(H,31,36). The molecule has 0 saturated carbocycles. The van der Waals surface area contributed by atoms with E-state index in [0.29, 0.717) is 12.0 Å². The van der Waals surface area contributed by atoms with Crippen LogP contribution in [0.2, 0.25) is 0 Å². The second-order valence-corrected chi connectivity index (χ2v) is 10.3. The summed E-state index contributed by atoms with van der Waals surface area (Å²) in [6.07, 6.45) is 1.18. The van der Waals surface area contributed by atoms with Crippen LogP contribution in [0.25, 0.3) is 0 Å². The Morgan fingerprint density at radius 1 is 1.05 bits per heavy atom. The Labute approximate surface area is 219 Å². The number of nitrogens with zero attached hydrogens (tertiary/aromatic N) is 1. The largest absolute Gasteiger partial charge is 0.508 e. The predicted molar refractivity (Wildman–Crippen MR) is 144 cm³/mol. The smallest absolute Gasteiger partial charge is 0.408 e. The molecule has 200 valence electrons. The molecule has 0 aliphatic heterocycles. The van der Waals surface area contributed by atoms with Crippen LogP contribution in [0.3, 0.4) is 0 Å². The number of carbonyl (C=O) groups is 3. The summed E-state index contributed by atoms with van der Waals surface area (Å²) >= 11 is 0. The van der Waals surface area contributed by atoms with E-state index in [9.17, 15) is 19.5 Å². The van der Waals surface area contributed by atoms with E-state index in [1.165, 1.54) is 23.1 Å². The van der Waals surface area contributed by atoms with Gasteiger partial charge in [0, 0.05) is 13.1 Å². The zero-order valence-electron chi connectivity index (χ0n) is 22.4. The van der Waals surface area contributed by atoms with Gasteiger partial charge in [-0.2, -0.15) is 0 Å². The van der Waals surface area contributed by atoms with E-state index in [2.05, 4.69) is 17.2 Å². The van der Waals surface area contributed by atoms with Gasteiger partial charge in [-0.1, -0.05) is 62.4 Å². The number of benzene rings is 2. The summed E-state index contributed by atoms with van der Waals surface area (Å²) < 4.78 is 5.38. The van der Waals surface area contributed by atoms with Crippen LogP contribution in [0.5, 0.6) is 5.75 Å². The second kappa shape index (κ2) is 13.5. The van der Waals surface area contributed by atoms with Crippen molar-refractivity contribution >= 4 is 17.9 Å². The molecule has 0 heterocycles. The van der Waals surface area contributed by atoms with Crippen LogP contribution in [-0.4, -0.2) is 46.1 Å². The number of ether oxygens (including phenoxy) is 1. The van der Waals surface area contributed by atoms with Crippen LogP contribution in [0.15, 0.2) is 67.3 Å². The number of aromatic hydroxyl groups is 1. The van der Waals surface area contributed by atoms with Crippen LogP contribution in [0.1, 0.15) is 58.2 Å². The molecule has 2 unspecified atom stereocenters. The molecular formula is C29H39N3O5. The molecule has 2 atom stereocenters. The van der Waals surface area contributed by atoms with E-state index >= 15 is 0 Å². The molecule has 0 bridgehead atoms. The van der Waals surface area contributed by atoms with Crippen LogP contribution in [-0.2, 0) is 20.9 Å². The molecule has 0 aromatic heterocycles. The maximum absolute atomic E-state index is 13.9. The van der Waals surface area contributed by atoms with Gasteiger partial charge in [0.2, 0.25) is 11.8 Å². The molecular weight excluding hydrogens is 470 g/mol. The average Bonchev–Trinajstić information content (AvgIpc) is 2.82. The van der Waals surface area contributed by atoms with Gasteiger partial charge in [-0.15, -0.1) is 6.58 Å². The van der Waals surface area contributed by atoms with Gasteiger partial charge in [-0.25, -0.2) is 4.79 Å². The highest BCUT2D eigenvalue weighted by Gasteiger charge is 2.36. The Kier molecular flexibility index (Phi) is 10.7. The number of amides is 3. The predicted octanol–water partition coefficient (Wildman–Crippen LogP) is 4.70. The number of carbonyl (C=O) groups excluding carboxylic acids is 3. The first-order valence-electron chi connectivity index (χ1n) is 12.4. The lowest BCUT2D eigenvalue weighted by atomic mass is 9.99. The normalized spacial score (nSPS) is 12.8. The molecule has 2 aromatic rings. The molecule has 3 N–H and O–H groups in total. The molecule has 2 aromatic carbocycles. The fourth-order valence-electron chi connectivity index (χ4n) is 3.82. The molecule has 0 radical (unpaired) electrons. The van der Waals surface area contributed by atoms with Crippen molar-refractivity contribution in [2.24, 2.45) is 5.92 Å². The number of phenols is 1. The Balaban J connectivity index is 2.41. The number of hydrogen-bond donors (Lipinski definition) is 3. The molecule has 8 heteroatoms. The Hall–Kier alpha value is -3.81. The molecule has 0 spiro atoms. The van der Waals surface area contributed by atoms with Gasteiger partial charge >= 0.3 is 6.09 Å². The first-order chi connectivity index (χ1) is 17.4. The minimum absolute atomic E-state index is 0.0399. The lowest BCUT2D eigenvalue weighted by molar-refractivity contribution is -0.142. The summed E-state index contributed by atoms with van der Waals surface area (Å²) in [5.41, 5.74) is 0.688. The lowest BCUT2D eigenvalue weighted by Gasteiger charge is -2.34. The Morgan fingerprint density at radius 2 is 1.68 bits per heavy atom. The molecule has 0 aliphatic rings. The van der Waals surface area contributed by atoms with Crippen molar-refractivity contribution in [3.8, 4) is 5.75 Å². The highest BCUT2D eigenvalue weighted by atomic mass is 16.6. The fraction of sp³-hybridized carbons (Fsp3) is 0.414. The monoisotopic (exact) mass is 509 g/mol. The SMILES string of the molecule is C=CCN(C(=O)C(CC(C)C)NC(=O)OC(C)(C)C)C(C(=O)NCc1ccccc1)c1ccc(O)cc1. The van der Waals surface area contributed by atoms with Crippen molar-refractivity contribution in [2.45, 2.75) is 65.3 Å². The average molecular weight is 510 g/mol. The van der Waals surface area contributed by atoms with E-state index in [4.69, 9.17) is 4.74 Å².